The molecule has 4 heteroatoms. The van der Waals surface area contributed by atoms with E-state index in [1.807, 2.05) is 4.90 Å². The molecule has 1 heterocycles. The van der Waals surface area contributed by atoms with Gasteiger partial charge >= 0.3 is 0 Å². The number of amides is 1. The molecule has 2 fully saturated rings. The van der Waals surface area contributed by atoms with E-state index >= 15 is 0 Å². The predicted octanol–water partition coefficient (Wildman–Crippen LogP) is 0.811. The lowest BCUT2D eigenvalue weighted by Crippen LogP contribution is -2.68. The van der Waals surface area contributed by atoms with Crippen LogP contribution in [0.3, 0.4) is 0 Å². The Morgan fingerprint density at radius 2 is 2.06 bits per heavy atom. The highest BCUT2D eigenvalue weighted by atomic mass is 16.2. The van der Waals surface area contributed by atoms with E-state index < -0.39 is 0 Å². The molecule has 0 aromatic carbocycles. The first-order chi connectivity index (χ1) is 8.08. The fourth-order valence-electron chi connectivity index (χ4n) is 2.92. The topological polar surface area (TPSA) is 49.6 Å². The SMILES string of the molecule is CCCC1(N)CN(CC(=O)N(CC)C2CC2)C1. The molecule has 1 aliphatic heterocycles. The van der Waals surface area contributed by atoms with Crippen molar-refractivity contribution in [3.05, 3.63) is 0 Å². The van der Waals surface area contributed by atoms with Gasteiger partial charge in [-0.1, -0.05) is 13.3 Å². The van der Waals surface area contributed by atoms with Crippen LogP contribution in [0.1, 0.15) is 39.5 Å². The zero-order valence-electron chi connectivity index (χ0n) is 11.1. The molecule has 0 bridgehead atoms. The van der Waals surface area contributed by atoms with Gasteiger partial charge in [-0.25, -0.2) is 0 Å². The minimum Gasteiger partial charge on any atom is -0.339 e. The van der Waals surface area contributed by atoms with E-state index in [1.54, 1.807) is 0 Å². The highest BCUT2D eigenvalue weighted by molar-refractivity contribution is 5.79. The summed E-state index contributed by atoms with van der Waals surface area (Å²) < 4.78 is 0. The van der Waals surface area contributed by atoms with Crippen molar-refractivity contribution in [3.63, 3.8) is 0 Å². The van der Waals surface area contributed by atoms with Crippen LogP contribution in [0.2, 0.25) is 0 Å². The number of carbonyl (C=O) groups excluding carboxylic acids is 1. The molecule has 1 saturated carbocycles. The summed E-state index contributed by atoms with van der Waals surface area (Å²) in [6.07, 6.45) is 4.58. The van der Waals surface area contributed by atoms with Crippen LogP contribution in [-0.2, 0) is 4.79 Å². The van der Waals surface area contributed by atoms with Crippen molar-refractivity contribution >= 4 is 5.91 Å². The van der Waals surface area contributed by atoms with Crippen molar-refractivity contribution in [1.82, 2.24) is 9.80 Å². The summed E-state index contributed by atoms with van der Waals surface area (Å²) in [4.78, 5) is 16.3. The van der Waals surface area contributed by atoms with E-state index in [0.717, 1.165) is 32.5 Å². The van der Waals surface area contributed by atoms with Crippen molar-refractivity contribution in [2.24, 2.45) is 5.73 Å². The minimum absolute atomic E-state index is 0.0222. The molecule has 1 amide bonds. The fourth-order valence-corrected chi connectivity index (χ4v) is 2.92. The molecule has 0 aromatic rings. The summed E-state index contributed by atoms with van der Waals surface area (Å²) in [6.45, 7) is 7.40. The Morgan fingerprint density at radius 3 is 2.53 bits per heavy atom. The van der Waals surface area contributed by atoms with E-state index in [-0.39, 0.29) is 11.4 Å². The number of rotatable bonds is 6. The maximum Gasteiger partial charge on any atom is 0.236 e. The van der Waals surface area contributed by atoms with Crippen LogP contribution < -0.4 is 5.73 Å². The average molecular weight is 239 g/mol. The summed E-state index contributed by atoms with van der Waals surface area (Å²) in [7, 11) is 0. The Bertz CT molecular complexity index is 282. The molecule has 4 nitrogen and oxygen atoms in total. The van der Waals surface area contributed by atoms with Gasteiger partial charge in [0.15, 0.2) is 0 Å². The summed E-state index contributed by atoms with van der Waals surface area (Å²) in [5.74, 6) is 0.286. The molecule has 1 saturated heterocycles. The van der Waals surface area contributed by atoms with Crippen LogP contribution >= 0.6 is 0 Å². The summed E-state index contributed by atoms with van der Waals surface area (Å²) in [5, 5.41) is 0. The van der Waals surface area contributed by atoms with E-state index in [0.29, 0.717) is 12.6 Å². The van der Waals surface area contributed by atoms with E-state index in [1.165, 1.54) is 12.8 Å². The third kappa shape index (κ3) is 2.99. The first-order valence-electron chi connectivity index (χ1n) is 6.88. The van der Waals surface area contributed by atoms with Crippen molar-refractivity contribution < 1.29 is 4.79 Å². The molecular weight excluding hydrogens is 214 g/mol. The summed E-state index contributed by atoms with van der Waals surface area (Å²) in [6, 6.07) is 0.534. The molecule has 0 spiro atoms. The lowest BCUT2D eigenvalue weighted by molar-refractivity contribution is -0.134. The van der Waals surface area contributed by atoms with Crippen LogP contribution in [0.25, 0.3) is 0 Å². The van der Waals surface area contributed by atoms with Gasteiger partial charge in [-0.2, -0.15) is 0 Å². The Hall–Kier alpha value is -0.610. The second-order valence-corrected chi connectivity index (χ2v) is 5.67. The molecule has 0 atom stereocenters. The van der Waals surface area contributed by atoms with Crippen LogP contribution in [0, 0.1) is 0 Å². The van der Waals surface area contributed by atoms with Crippen LogP contribution in [0.5, 0.6) is 0 Å². The smallest absolute Gasteiger partial charge is 0.236 e. The zero-order valence-corrected chi connectivity index (χ0v) is 11.1. The van der Waals surface area contributed by atoms with Gasteiger partial charge in [0.2, 0.25) is 5.91 Å². The van der Waals surface area contributed by atoms with Crippen molar-refractivity contribution in [2.45, 2.75) is 51.1 Å². The fraction of sp³-hybridized carbons (Fsp3) is 0.923. The number of nitrogens with zero attached hydrogens (tertiary/aromatic N) is 2. The third-order valence-electron chi connectivity index (χ3n) is 3.83. The Labute approximate surface area is 104 Å². The molecule has 17 heavy (non-hydrogen) atoms. The molecule has 0 aromatic heterocycles. The zero-order chi connectivity index (χ0) is 12.5. The van der Waals surface area contributed by atoms with Gasteiger partial charge in [0.05, 0.1) is 6.54 Å². The monoisotopic (exact) mass is 239 g/mol. The standard InChI is InChI=1S/C13H25N3O/c1-3-7-13(14)9-15(10-13)8-12(17)16(4-2)11-5-6-11/h11H,3-10,14H2,1-2H3. The van der Waals surface area contributed by atoms with Crippen LogP contribution in [0.15, 0.2) is 0 Å². The first-order valence-corrected chi connectivity index (χ1v) is 6.88. The maximum atomic E-state index is 12.1. The van der Waals surface area contributed by atoms with Crippen molar-refractivity contribution in [1.29, 1.82) is 0 Å². The van der Waals surface area contributed by atoms with Gasteiger partial charge in [-0.3, -0.25) is 9.69 Å². The number of carbonyl (C=O) groups is 1. The van der Waals surface area contributed by atoms with E-state index in [4.69, 9.17) is 5.73 Å². The Balaban J connectivity index is 1.73. The molecule has 0 radical (unpaired) electrons. The van der Waals surface area contributed by atoms with Gasteiger partial charge in [0.1, 0.15) is 0 Å². The van der Waals surface area contributed by atoms with Crippen molar-refractivity contribution in [3.8, 4) is 0 Å². The lowest BCUT2D eigenvalue weighted by atomic mass is 9.86. The van der Waals surface area contributed by atoms with Gasteiger partial charge in [0, 0.05) is 31.2 Å². The number of likely N-dealkylation sites (tertiary alicyclic amines) is 1. The van der Waals surface area contributed by atoms with Crippen LogP contribution in [0.4, 0.5) is 0 Å². The molecule has 0 unspecified atom stereocenters. The molecule has 2 N–H and O–H groups in total. The maximum absolute atomic E-state index is 12.1. The highest BCUT2D eigenvalue weighted by Gasteiger charge is 2.40. The first kappa shape index (κ1) is 12.8. The highest BCUT2D eigenvalue weighted by Crippen LogP contribution is 2.28. The Kier molecular flexibility index (Phi) is 3.73. The van der Waals surface area contributed by atoms with Gasteiger partial charge in [-0.15, -0.1) is 0 Å². The third-order valence-corrected chi connectivity index (χ3v) is 3.83. The summed E-state index contributed by atoms with van der Waals surface area (Å²) >= 11 is 0. The average Bonchev–Trinajstić information content (AvgIpc) is 3.01. The second-order valence-electron chi connectivity index (χ2n) is 5.67. The predicted molar refractivity (Wildman–Crippen MR) is 68.7 cm³/mol. The quantitative estimate of drug-likeness (QED) is 0.746. The van der Waals surface area contributed by atoms with E-state index in [9.17, 15) is 4.79 Å². The lowest BCUT2D eigenvalue weighted by Gasteiger charge is -2.48. The number of hydrogen-bond acceptors (Lipinski definition) is 3. The molecular formula is C13H25N3O. The van der Waals surface area contributed by atoms with Gasteiger partial charge in [0.25, 0.3) is 0 Å². The van der Waals surface area contributed by atoms with E-state index in [2.05, 4.69) is 18.7 Å². The second kappa shape index (κ2) is 4.94. The normalized spacial score (nSPS) is 23.2. The number of likely N-dealkylation sites (N-methyl/N-ethyl adjacent to an activating group) is 1. The Morgan fingerprint density at radius 1 is 1.41 bits per heavy atom. The molecule has 98 valence electrons. The van der Waals surface area contributed by atoms with Crippen molar-refractivity contribution in [2.75, 3.05) is 26.2 Å². The molecule has 1 aliphatic carbocycles. The molecule has 2 rings (SSSR count). The van der Waals surface area contributed by atoms with Gasteiger partial charge in [-0.05, 0) is 26.2 Å². The minimum atomic E-state index is -0.0222. The van der Waals surface area contributed by atoms with Crippen LogP contribution in [-0.4, -0.2) is 53.5 Å². The summed E-state index contributed by atoms with van der Waals surface area (Å²) in [5.41, 5.74) is 6.17. The molecule has 2 aliphatic rings. The largest absolute Gasteiger partial charge is 0.339 e. The number of nitrogens with two attached hydrogens (primary N) is 1. The van der Waals surface area contributed by atoms with Gasteiger partial charge < -0.3 is 10.6 Å². The number of hydrogen-bond donors (Lipinski definition) is 1.